The van der Waals surface area contributed by atoms with E-state index in [9.17, 15) is 10.5 Å². The maximum Gasteiger partial charge on any atom is 0.101 e. The van der Waals surface area contributed by atoms with E-state index in [1.807, 2.05) is 48.5 Å². The third-order valence-corrected chi connectivity index (χ3v) is 9.42. The van der Waals surface area contributed by atoms with E-state index >= 15 is 0 Å². The summed E-state index contributed by atoms with van der Waals surface area (Å²) in [4.78, 5) is 0. The highest BCUT2D eigenvalue weighted by Crippen LogP contribution is 2.45. The van der Waals surface area contributed by atoms with Gasteiger partial charge in [-0.25, -0.2) is 0 Å². The number of fused-ring (bicyclic) bond motifs is 6. The quantitative estimate of drug-likeness (QED) is 0.199. The van der Waals surface area contributed by atoms with Gasteiger partial charge in [0.05, 0.1) is 45.0 Å². The van der Waals surface area contributed by atoms with Crippen LogP contribution < -0.4 is 0 Å². The van der Waals surface area contributed by atoms with Crippen LogP contribution in [0, 0.1) is 22.7 Å². The van der Waals surface area contributed by atoms with E-state index in [-0.39, 0.29) is 0 Å². The smallest absolute Gasteiger partial charge is 0.101 e. The minimum Gasteiger partial charge on any atom is -0.309 e. The van der Waals surface area contributed by atoms with Crippen molar-refractivity contribution >= 4 is 43.6 Å². The van der Waals surface area contributed by atoms with Crippen molar-refractivity contribution in [2.24, 2.45) is 0 Å². The van der Waals surface area contributed by atoms with Gasteiger partial charge in [0, 0.05) is 32.8 Å². The lowest BCUT2D eigenvalue weighted by atomic mass is 9.91. The largest absolute Gasteiger partial charge is 0.309 e. The van der Waals surface area contributed by atoms with Gasteiger partial charge < -0.3 is 9.13 Å². The number of nitriles is 2. The Balaban J connectivity index is 1.37. The van der Waals surface area contributed by atoms with Crippen LogP contribution in [-0.2, 0) is 0 Å². The molecule has 2 heterocycles. The zero-order valence-corrected chi connectivity index (χ0v) is 25.8. The van der Waals surface area contributed by atoms with Crippen molar-refractivity contribution in [2.75, 3.05) is 0 Å². The molecule has 9 aromatic rings. The van der Waals surface area contributed by atoms with Gasteiger partial charge in [0.2, 0.25) is 0 Å². The van der Waals surface area contributed by atoms with Crippen LogP contribution in [0.15, 0.2) is 158 Å². The predicted octanol–water partition coefficient (Wildman–Crippen LogP) is 11.0. The van der Waals surface area contributed by atoms with Crippen LogP contribution in [0.5, 0.6) is 0 Å². The van der Waals surface area contributed by atoms with Gasteiger partial charge in [-0.15, -0.1) is 0 Å². The molecule has 0 spiro atoms. The van der Waals surface area contributed by atoms with Crippen molar-refractivity contribution in [2.45, 2.75) is 0 Å². The van der Waals surface area contributed by atoms with Crippen molar-refractivity contribution in [3.05, 3.63) is 169 Å². The molecule has 0 bridgehead atoms. The summed E-state index contributed by atoms with van der Waals surface area (Å²) in [5, 5.41) is 24.2. The highest BCUT2D eigenvalue weighted by Gasteiger charge is 2.21. The summed E-state index contributed by atoms with van der Waals surface area (Å²) in [6.45, 7) is 0. The van der Waals surface area contributed by atoms with Crippen LogP contribution >= 0.6 is 0 Å². The molecule has 2 aromatic heterocycles. The number of rotatable bonds is 4. The van der Waals surface area contributed by atoms with Gasteiger partial charge in [0.1, 0.15) is 6.07 Å². The van der Waals surface area contributed by atoms with E-state index in [1.165, 1.54) is 10.8 Å². The van der Waals surface area contributed by atoms with Crippen molar-refractivity contribution in [3.63, 3.8) is 0 Å². The molecule has 0 radical (unpaired) electrons. The maximum atomic E-state index is 10.0. The highest BCUT2D eigenvalue weighted by molar-refractivity contribution is 6.19. The fraction of sp³-hybridized carbons (Fsp3) is 0. The molecule has 0 aliphatic carbocycles. The first-order valence-electron chi connectivity index (χ1n) is 15.9. The van der Waals surface area contributed by atoms with Gasteiger partial charge in [0.15, 0.2) is 0 Å². The van der Waals surface area contributed by atoms with E-state index in [0.29, 0.717) is 11.1 Å². The first kappa shape index (κ1) is 27.4. The minimum atomic E-state index is 0.633. The van der Waals surface area contributed by atoms with Gasteiger partial charge in [0.25, 0.3) is 0 Å². The number of aromatic nitrogens is 2. The summed E-state index contributed by atoms with van der Waals surface area (Å²) in [6, 6.07) is 59.0. The zero-order valence-electron chi connectivity index (χ0n) is 25.8. The third-order valence-electron chi connectivity index (χ3n) is 9.42. The fourth-order valence-electron chi connectivity index (χ4n) is 7.41. The topological polar surface area (TPSA) is 57.4 Å². The molecule has 7 aromatic carbocycles. The molecule has 0 fully saturated rings. The van der Waals surface area contributed by atoms with E-state index in [0.717, 1.165) is 66.5 Å². The molecule has 48 heavy (non-hydrogen) atoms. The summed E-state index contributed by atoms with van der Waals surface area (Å²) in [5.41, 5.74) is 12.0. The molecule has 222 valence electrons. The molecule has 0 N–H and O–H groups in total. The molecule has 4 heteroatoms. The van der Waals surface area contributed by atoms with E-state index in [4.69, 9.17) is 0 Å². The van der Waals surface area contributed by atoms with E-state index in [2.05, 4.69) is 130 Å². The number of benzene rings is 7. The van der Waals surface area contributed by atoms with Crippen LogP contribution in [0.25, 0.3) is 77.2 Å². The van der Waals surface area contributed by atoms with Gasteiger partial charge in [-0.2, -0.15) is 10.5 Å². The van der Waals surface area contributed by atoms with Crippen LogP contribution in [0.3, 0.4) is 0 Å². The monoisotopic (exact) mass is 610 g/mol. The van der Waals surface area contributed by atoms with Crippen molar-refractivity contribution in [3.8, 4) is 45.8 Å². The Labute approximate surface area is 277 Å². The number of hydrogen-bond acceptors (Lipinski definition) is 2. The fourth-order valence-corrected chi connectivity index (χ4v) is 7.41. The summed E-state index contributed by atoms with van der Waals surface area (Å²) in [5.74, 6) is 0. The first-order chi connectivity index (χ1) is 23.8. The molecule has 0 saturated carbocycles. The molecular formula is C44H26N4. The maximum absolute atomic E-state index is 10.0. The SMILES string of the molecule is N#Cc1ccc(-n2c3ccccc3c3cccc(-c4ccccc4-c4cccc5c4c4ccccc4n5-c4ccccc4C#N)c32)cc1. The Morgan fingerprint density at radius 2 is 0.958 bits per heavy atom. The van der Waals surface area contributed by atoms with Gasteiger partial charge >= 0.3 is 0 Å². The summed E-state index contributed by atoms with van der Waals surface area (Å²) >= 11 is 0. The molecule has 0 saturated heterocycles. The Kier molecular flexibility index (Phi) is 6.22. The van der Waals surface area contributed by atoms with Crippen LogP contribution in [0.1, 0.15) is 11.1 Å². The number of para-hydroxylation sites is 4. The molecule has 0 aliphatic rings. The van der Waals surface area contributed by atoms with Crippen LogP contribution in [-0.4, -0.2) is 9.13 Å². The van der Waals surface area contributed by atoms with E-state index < -0.39 is 0 Å². The van der Waals surface area contributed by atoms with E-state index in [1.54, 1.807) is 0 Å². The standard InChI is InChI=1S/C44H26N4/c45-27-29-23-25-31(26-24-29)47-40-20-7-4-14-34(40)37-18-9-17-36(44(37)47)33-13-3-2-12-32(33)35-16-10-22-42-43(35)38-15-5-8-21-41(38)48(42)39-19-6-1-11-30(39)28-46/h1-26H. The number of hydrogen-bond donors (Lipinski definition) is 0. The Hall–Kier alpha value is -6.88. The second kappa shape index (κ2) is 10.9. The van der Waals surface area contributed by atoms with Crippen LogP contribution in [0.4, 0.5) is 0 Å². The summed E-state index contributed by atoms with van der Waals surface area (Å²) in [6.07, 6.45) is 0. The average Bonchev–Trinajstić information content (AvgIpc) is 3.68. The molecule has 0 atom stereocenters. The molecule has 0 unspecified atom stereocenters. The summed E-state index contributed by atoms with van der Waals surface area (Å²) < 4.78 is 4.54. The average molecular weight is 611 g/mol. The van der Waals surface area contributed by atoms with Gasteiger partial charge in [-0.05, 0) is 71.3 Å². The lowest BCUT2D eigenvalue weighted by Gasteiger charge is -2.16. The lowest BCUT2D eigenvalue weighted by molar-refractivity contribution is 1.17. The Morgan fingerprint density at radius 3 is 1.73 bits per heavy atom. The predicted molar refractivity (Wildman–Crippen MR) is 195 cm³/mol. The number of nitrogens with zero attached hydrogens (tertiary/aromatic N) is 4. The third kappa shape index (κ3) is 4.01. The second-order valence-electron chi connectivity index (χ2n) is 11.9. The lowest BCUT2D eigenvalue weighted by Crippen LogP contribution is -1.97. The molecule has 9 rings (SSSR count). The molecule has 0 aliphatic heterocycles. The van der Waals surface area contributed by atoms with Crippen molar-refractivity contribution in [1.29, 1.82) is 10.5 Å². The second-order valence-corrected chi connectivity index (χ2v) is 11.9. The normalized spacial score (nSPS) is 11.3. The van der Waals surface area contributed by atoms with Crippen LogP contribution in [0.2, 0.25) is 0 Å². The minimum absolute atomic E-state index is 0.633. The molecular weight excluding hydrogens is 585 g/mol. The molecule has 4 nitrogen and oxygen atoms in total. The summed E-state index contributed by atoms with van der Waals surface area (Å²) in [7, 11) is 0. The van der Waals surface area contributed by atoms with Gasteiger partial charge in [-0.3, -0.25) is 0 Å². The molecule has 0 amide bonds. The van der Waals surface area contributed by atoms with Gasteiger partial charge in [-0.1, -0.05) is 103 Å². The van der Waals surface area contributed by atoms with Crippen molar-refractivity contribution < 1.29 is 0 Å². The highest BCUT2D eigenvalue weighted by atomic mass is 15.0. The Morgan fingerprint density at radius 1 is 0.396 bits per heavy atom. The Bertz CT molecular complexity index is 2800. The van der Waals surface area contributed by atoms with Crippen molar-refractivity contribution in [1.82, 2.24) is 9.13 Å². The zero-order chi connectivity index (χ0) is 32.2. The first-order valence-corrected chi connectivity index (χ1v) is 15.9.